The van der Waals surface area contributed by atoms with Crippen molar-refractivity contribution in [2.45, 2.75) is 72.6 Å². The van der Waals surface area contributed by atoms with E-state index in [1.807, 2.05) is 18.2 Å². The number of hydrogen-bond donors (Lipinski definition) is 1. The fourth-order valence-electron chi connectivity index (χ4n) is 3.77. The number of carbonyl (C=O) groups is 1. The van der Waals surface area contributed by atoms with Gasteiger partial charge in [0.1, 0.15) is 0 Å². The van der Waals surface area contributed by atoms with Gasteiger partial charge in [-0.15, -0.1) is 0 Å². The Morgan fingerprint density at radius 3 is 2.00 bits per heavy atom. The molecule has 2 aromatic heterocycles. The third-order valence-corrected chi connectivity index (χ3v) is 20.7. The van der Waals surface area contributed by atoms with E-state index in [1.165, 1.54) is 55.5 Å². The number of nitrogens with zero attached hydrogens (tertiary/aromatic N) is 2. The van der Waals surface area contributed by atoms with Crippen molar-refractivity contribution in [3.63, 3.8) is 0 Å². The van der Waals surface area contributed by atoms with Crippen LogP contribution in [0.5, 0.6) is 0 Å². The predicted molar refractivity (Wildman–Crippen MR) is 121 cm³/mol. The third kappa shape index (κ3) is 6.57. The van der Waals surface area contributed by atoms with Crippen LogP contribution in [0.3, 0.4) is 0 Å². The molecule has 0 atom stereocenters. The molecule has 1 amide bonds. The Morgan fingerprint density at radius 1 is 0.893 bits per heavy atom. The van der Waals surface area contributed by atoms with Crippen molar-refractivity contribution in [3.8, 4) is 0 Å². The van der Waals surface area contributed by atoms with Crippen molar-refractivity contribution in [3.05, 3.63) is 48.3 Å². The van der Waals surface area contributed by atoms with Crippen LogP contribution in [-0.4, -0.2) is 34.3 Å². The first-order chi connectivity index (χ1) is 13.6. The molecule has 0 aliphatic rings. The van der Waals surface area contributed by atoms with Crippen LogP contribution in [0.25, 0.3) is 0 Å². The maximum atomic E-state index is 12.5. The summed E-state index contributed by atoms with van der Waals surface area (Å²) in [5, 5.41) is 2.85. The summed E-state index contributed by atoms with van der Waals surface area (Å²) < 4.78 is 5.52. The Bertz CT molecular complexity index is 682. The predicted octanol–water partition coefficient (Wildman–Crippen LogP) is 5.79. The molecule has 0 fully saturated rings. The second kappa shape index (κ2) is 12.2. The zero-order valence-electron chi connectivity index (χ0n) is 17.7. The molecule has 2 aromatic rings. The van der Waals surface area contributed by atoms with Gasteiger partial charge in [0.25, 0.3) is 0 Å². The number of aromatic nitrogens is 2. The monoisotopic (exact) mass is 489 g/mol. The molecule has 0 saturated carbocycles. The van der Waals surface area contributed by atoms with Gasteiger partial charge in [-0.2, -0.15) is 0 Å². The van der Waals surface area contributed by atoms with E-state index in [2.05, 4.69) is 37.1 Å². The Kier molecular flexibility index (Phi) is 9.96. The molecule has 0 aliphatic heterocycles. The number of unbranched alkanes of at least 4 members (excludes halogenated alkanes) is 3. The van der Waals surface area contributed by atoms with Gasteiger partial charge in [0, 0.05) is 0 Å². The van der Waals surface area contributed by atoms with E-state index in [0.717, 1.165) is 0 Å². The van der Waals surface area contributed by atoms with E-state index in [0.29, 0.717) is 11.4 Å². The van der Waals surface area contributed by atoms with Gasteiger partial charge >= 0.3 is 175 Å². The minimum absolute atomic E-state index is 0.144. The van der Waals surface area contributed by atoms with Gasteiger partial charge in [-0.25, -0.2) is 0 Å². The van der Waals surface area contributed by atoms with Crippen molar-refractivity contribution in [2.75, 3.05) is 5.32 Å². The molecule has 152 valence electrons. The molecule has 1 N–H and O–H groups in total. The van der Waals surface area contributed by atoms with Crippen LogP contribution in [0.1, 0.15) is 69.7 Å². The molecule has 5 heteroatoms. The molecule has 0 spiro atoms. The van der Waals surface area contributed by atoms with Crippen molar-refractivity contribution < 1.29 is 4.79 Å². The molecule has 2 rings (SSSR count). The van der Waals surface area contributed by atoms with E-state index < -0.39 is 18.4 Å². The Balaban J connectivity index is 2.21. The van der Waals surface area contributed by atoms with Crippen LogP contribution in [0.2, 0.25) is 13.3 Å². The number of amides is 1. The fraction of sp³-hybridized carbons (Fsp3) is 0.522. The summed E-state index contributed by atoms with van der Waals surface area (Å²) >= 11 is -2.52. The quantitative estimate of drug-likeness (QED) is 0.385. The molecule has 0 saturated heterocycles. The first-order valence-corrected chi connectivity index (χ1v) is 18.3. The average Bonchev–Trinajstić information content (AvgIpc) is 2.74. The van der Waals surface area contributed by atoms with Crippen LogP contribution >= 0.6 is 0 Å². The van der Waals surface area contributed by atoms with Crippen molar-refractivity contribution >= 4 is 33.8 Å². The van der Waals surface area contributed by atoms with Gasteiger partial charge in [0.2, 0.25) is 0 Å². The van der Waals surface area contributed by atoms with Gasteiger partial charge in [0.15, 0.2) is 0 Å². The van der Waals surface area contributed by atoms with Gasteiger partial charge in [-0.05, 0) is 0 Å². The number of anilines is 1. The summed E-state index contributed by atoms with van der Waals surface area (Å²) in [5.41, 5.74) is 0.607. The first kappa shape index (κ1) is 22.9. The topological polar surface area (TPSA) is 54.9 Å². The second-order valence-corrected chi connectivity index (χ2v) is 20.7. The van der Waals surface area contributed by atoms with Crippen LogP contribution in [0.4, 0.5) is 5.82 Å². The fourth-order valence-corrected chi connectivity index (χ4v) is 19.1. The Morgan fingerprint density at radius 2 is 1.54 bits per heavy atom. The number of pyridine rings is 2. The normalized spacial score (nSPS) is 11.4. The zero-order valence-corrected chi connectivity index (χ0v) is 20.6. The number of carbonyl (C=O) groups excluding carboxylic acids is 1. The molecule has 2 heterocycles. The third-order valence-electron chi connectivity index (χ3n) is 5.50. The van der Waals surface area contributed by atoms with E-state index in [4.69, 9.17) is 4.98 Å². The average molecular weight is 488 g/mol. The van der Waals surface area contributed by atoms with E-state index in [-0.39, 0.29) is 5.91 Å². The summed E-state index contributed by atoms with van der Waals surface area (Å²) in [6, 6.07) is 9.63. The van der Waals surface area contributed by atoms with Gasteiger partial charge in [-0.3, -0.25) is 0 Å². The van der Waals surface area contributed by atoms with Gasteiger partial charge in [-0.1, -0.05) is 0 Å². The molecular formula is C23H35N3OSn. The minimum atomic E-state index is -2.52. The van der Waals surface area contributed by atoms with Gasteiger partial charge < -0.3 is 0 Å². The summed E-state index contributed by atoms with van der Waals surface area (Å²) in [7, 11) is 0. The molecule has 4 nitrogen and oxygen atoms in total. The Hall–Kier alpha value is -1.43. The molecule has 0 aliphatic carbocycles. The summed E-state index contributed by atoms with van der Waals surface area (Å²) in [5.74, 6) is 0.424. The maximum absolute atomic E-state index is 12.5. The molecule has 28 heavy (non-hydrogen) atoms. The first-order valence-electron chi connectivity index (χ1n) is 10.8. The molecular weight excluding hydrogens is 453 g/mol. The van der Waals surface area contributed by atoms with E-state index in [1.54, 1.807) is 18.5 Å². The second-order valence-electron chi connectivity index (χ2n) is 7.69. The molecule has 0 unspecified atom stereocenters. The number of rotatable bonds is 12. The summed E-state index contributed by atoms with van der Waals surface area (Å²) in [6.07, 6.45) is 11.1. The summed E-state index contributed by atoms with van der Waals surface area (Å²) in [6.45, 7) is 6.86. The van der Waals surface area contributed by atoms with Crippen LogP contribution in [-0.2, 0) is 0 Å². The number of hydrogen-bond acceptors (Lipinski definition) is 3. The van der Waals surface area contributed by atoms with Crippen molar-refractivity contribution in [1.29, 1.82) is 0 Å². The SMILES string of the molecule is CCC[CH2][Sn]([CH2]CCC)([CH2]CCC)[c]1ccc(C(=O)Nc2ccccn2)cn1. The Labute approximate surface area is 174 Å². The molecule has 0 aromatic carbocycles. The standard InChI is InChI=1S/C11H8N3O.3C4H9.Sn/c15-11(9-4-3-6-12-8-9)14-10-5-1-2-7-13-10;3*1-3-4-2;/h1-5,7-8H,(H,13,14,15);3*1,3-4H2,2H3;. The van der Waals surface area contributed by atoms with E-state index in [9.17, 15) is 4.79 Å². The molecule has 0 bridgehead atoms. The van der Waals surface area contributed by atoms with Gasteiger partial charge in [0.05, 0.1) is 0 Å². The van der Waals surface area contributed by atoms with Crippen molar-refractivity contribution in [1.82, 2.24) is 9.97 Å². The van der Waals surface area contributed by atoms with Crippen LogP contribution in [0, 0.1) is 0 Å². The van der Waals surface area contributed by atoms with E-state index >= 15 is 0 Å². The number of nitrogens with one attached hydrogen (secondary N) is 1. The van der Waals surface area contributed by atoms with Crippen LogP contribution in [0.15, 0.2) is 42.7 Å². The molecule has 0 radical (unpaired) electrons. The van der Waals surface area contributed by atoms with Crippen molar-refractivity contribution in [2.24, 2.45) is 0 Å². The summed E-state index contributed by atoms with van der Waals surface area (Å²) in [4.78, 5) is 21.6. The zero-order chi connectivity index (χ0) is 20.2. The van der Waals surface area contributed by atoms with Crippen LogP contribution < -0.4 is 9.03 Å².